The lowest BCUT2D eigenvalue weighted by Gasteiger charge is -2.13. The van der Waals surface area contributed by atoms with Gasteiger partial charge in [-0.15, -0.1) is 0 Å². The summed E-state index contributed by atoms with van der Waals surface area (Å²) in [6.07, 6.45) is 0.255. The van der Waals surface area contributed by atoms with E-state index in [9.17, 15) is 23.5 Å². The first-order chi connectivity index (χ1) is 12.4. The lowest BCUT2D eigenvalue weighted by Crippen LogP contribution is -2.27. The van der Waals surface area contributed by atoms with E-state index in [1.165, 1.54) is 4.57 Å². The minimum Gasteiger partial charge on any atom is -0.480 e. The van der Waals surface area contributed by atoms with E-state index in [0.29, 0.717) is 10.2 Å². The topological polar surface area (TPSA) is 71.7 Å². The first kappa shape index (κ1) is 17.9. The molecule has 0 saturated carbocycles. The van der Waals surface area contributed by atoms with Crippen molar-refractivity contribution in [1.29, 1.82) is 0 Å². The fourth-order valence-electron chi connectivity index (χ4n) is 2.68. The summed E-state index contributed by atoms with van der Waals surface area (Å²) in [5.41, 5.74) is -0.174. The number of carbonyl (C=O) groups excluding carboxylic acids is 1. The van der Waals surface area contributed by atoms with Gasteiger partial charge >= 0.3 is 5.97 Å². The zero-order valence-electron chi connectivity index (χ0n) is 13.6. The van der Waals surface area contributed by atoms with Crippen LogP contribution in [0.15, 0.2) is 47.5 Å². The first-order valence-electron chi connectivity index (χ1n) is 7.80. The second kappa shape index (κ2) is 7.17. The predicted molar refractivity (Wildman–Crippen MR) is 93.0 cm³/mol. The third-order valence-electron chi connectivity index (χ3n) is 3.89. The third-order valence-corrected chi connectivity index (χ3v) is 4.93. The molecule has 0 fully saturated rings. The van der Waals surface area contributed by atoms with Crippen LogP contribution in [0.1, 0.15) is 29.7 Å². The Morgan fingerprint density at radius 3 is 2.42 bits per heavy atom. The van der Waals surface area contributed by atoms with Crippen LogP contribution >= 0.6 is 11.3 Å². The molecule has 0 aliphatic heterocycles. The number of amides is 1. The Morgan fingerprint density at radius 2 is 1.81 bits per heavy atom. The Balaban J connectivity index is 2.26. The zero-order valence-corrected chi connectivity index (χ0v) is 14.5. The van der Waals surface area contributed by atoms with Crippen molar-refractivity contribution >= 4 is 33.4 Å². The number of hydrogen-bond donors (Lipinski definition) is 1. The summed E-state index contributed by atoms with van der Waals surface area (Å²) >= 11 is 1.09. The molecular weight excluding hydrogens is 362 g/mol. The fourth-order valence-corrected chi connectivity index (χ4v) is 3.75. The number of benzene rings is 2. The van der Waals surface area contributed by atoms with Crippen LogP contribution in [0.2, 0.25) is 0 Å². The molecule has 1 amide bonds. The van der Waals surface area contributed by atoms with E-state index in [-0.39, 0.29) is 11.2 Å². The number of rotatable bonds is 4. The van der Waals surface area contributed by atoms with Crippen LogP contribution < -0.4 is 4.80 Å². The molecule has 0 aliphatic rings. The molecule has 134 valence electrons. The number of para-hydroxylation sites is 1. The van der Waals surface area contributed by atoms with E-state index in [4.69, 9.17) is 0 Å². The molecule has 1 heterocycles. The van der Waals surface area contributed by atoms with Crippen LogP contribution in [0.25, 0.3) is 10.2 Å². The van der Waals surface area contributed by atoms with Crippen molar-refractivity contribution in [2.75, 3.05) is 0 Å². The SMILES string of the molecule is CCC(C(=O)O)n1/c(=N/C(=O)c2c(F)cccc2F)sc2ccccc21. The molecule has 0 aliphatic carbocycles. The van der Waals surface area contributed by atoms with Gasteiger partial charge in [0.2, 0.25) is 0 Å². The number of thiazole rings is 1. The third kappa shape index (κ3) is 3.15. The van der Waals surface area contributed by atoms with Crippen LogP contribution in [0, 0.1) is 11.6 Å². The Labute approximate surface area is 150 Å². The van der Waals surface area contributed by atoms with Gasteiger partial charge in [-0.1, -0.05) is 36.5 Å². The van der Waals surface area contributed by atoms with Crippen molar-refractivity contribution in [1.82, 2.24) is 4.57 Å². The van der Waals surface area contributed by atoms with Gasteiger partial charge in [0.05, 0.1) is 10.2 Å². The van der Waals surface area contributed by atoms with Gasteiger partial charge in [-0.05, 0) is 30.7 Å². The van der Waals surface area contributed by atoms with Gasteiger partial charge in [0.15, 0.2) is 4.80 Å². The summed E-state index contributed by atoms with van der Waals surface area (Å²) in [5.74, 6) is -4.21. The maximum Gasteiger partial charge on any atom is 0.326 e. The Bertz CT molecular complexity index is 1050. The van der Waals surface area contributed by atoms with Crippen LogP contribution in [0.3, 0.4) is 0 Å². The van der Waals surface area contributed by atoms with Crippen LogP contribution in [-0.4, -0.2) is 21.6 Å². The summed E-state index contributed by atoms with van der Waals surface area (Å²) in [4.78, 5) is 27.9. The molecule has 8 heteroatoms. The molecule has 0 radical (unpaired) electrons. The average molecular weight is 376 g/mol. The molecule has 1 N–H and O–H groups in total. The zero-order chi connectivity index (χ0) is 18.8. The van der Waals surface area contributed by atoms with Gasteiger partial charge in [0, 0.05) is 0 Å². The molecule has 0 bridgehead atoms. The minimum absolute atomic E-state index is 0.0769. The van der Waals surface area contributed by atoms with Crippen molar-refractivity contribution in [2.45, 2.75) is 19.4 Å². The monoisotopic (exact) mass is 376 g/mol. The second-order valence-electron chi connectivity index (χ2n) is 5.50. The van der Waals surface area contributed by atoms with Crippen LogP contribution in [0.5, 0.6) is 0 Å². The number of fused-ring (bicyclic) bond motifs is 1. The number of halogens is 2. The quantitative estimate of drug-likeness (QED) is 0.754. The van der Waals surface area contributed by atoms with Crippen LogP contribution in [-0.2, 0) is 4.79 Å². The fraction of sp³-hybridized carbons (Fsp3) is 0.167. The molecule has 3 aromatic rings. The van der Waals surface area contributed by atoms with Crippen LogP contribution in [0.4, 0.5) is 8.78 Å². The smallest absolute Gasteiger partial charge is 0.326 e. The summed E-state index contributed by atoms with van der Waals surface area (Å²) in [6.45, 7) is 1.69. The average Bonchev–Trinajstić information content (AvgIpc) is 2.93. The number of aliphatic carboxylic acids is 1. The number of carboxylic acids is 1. The Morgan fingerprint density at radius 1 is 1.15 bits per heavy atom. The molecule has 1 unspecified atom stereocenters. The highest BCUT2D eigenvalue weighted by molar-refractivity contribution is 7.16. The highest BCUT2D eigenvalue weighted by Crippen LogP contribution is 2.23. The highest BCUT2D eigenvalue weighted by Gasteiger charge is 2.23. The molecule has 1 atom stereocenters. The van der Waals surface area contributed by atoms with Crippen molar-refractivity contribution in [3.63, 3.8) is 0 Å². The number of carboxylic acid groups (broad SMARTS) is 1. The number of carbonyl (C=O) groups is 2. The standard InChI is InChI=1S/C18H14F2N2O3S/c1-2-12(17(24)25)22-13-8-3-4-9-14(13)26-18(22)21-16(23)15-10(19)6-5-7-11(15)20/h3-9,12H,2H2,1H3,(H,24,25)/b21-18-. The highest BCUT2D eigenvalue weighted by atomic mass is 32.1. The number of hydrogen-bond acceptors (Lipinski definition) is 3. The van der Waals surface area contributed by atoms with Gasteiger partial charge in [-0.3, -0.25) is 4.79 Å². The van der Waals surface area contributed by atoms with E-state index in [2.05, 4.69) is 4.99 Å². The summed E-state index contributed by atoms with van der Waals surface area (Å²) < 4.78 is 29.8. The van der Waals surface area contributed by atoms with E-state index in [1.807, 2.05) is 0 Å². The maximum atomic E-state index is 13.8. The van der Waals surface area contributed by atoms with E-state index in [0.717, 1.165) is 29.5 Å². The molecule has 0 saturated heterocycles. The summed E-state index contributed by atoms with van der Waals surface area (Å²) in [7, 11) is 0. The number of aromatic nitrogens is 1. The summed E-state index contributed by atoms with van der Waals surface area (Å²) in [5, 5.41) is 9.51. The lowest BCUT2D eigenvalue weighted by atomic mass is 10.2. The van der Waals surface area contributed by atoms with E-state index < -0.39 is 35.1 Å². The Kier molecular flexibility index (Phi) is 4.94. The normalized spacial score (nSPS) is 13.1. The first-order valence-corrected chi connectivity index (χ1v) is 8.61. The van der Waals surface area contributed by atoms with E-state index in [1.54, 1.807) is 31.2 Å². The molecule has 26 heavy (non-hydrogen) atoms. The van der Waals surface area contributed by atoms with Gasteiger partial charge in [-0.25, -0.2) is 13.6 Å². The van der Waals surface area contributed by atoms with Gasteiger partial charge in [-0.2, -0.15) is 4.99 Å². The predicted octanol–water partition coefficient (Wildman–Crippen LogP) is 3.76. The Hall–Kier alpha value is -2.87. The molecule has 5 nitrogen and oxygen atoms in total. The van der Waals surface area contributed by atoms with Crippen molar-refractivity contribution in [2.24, 2.45) is 4.99 Å². The number of nitrogens with zero attached hydrogens (tertiary/aromatic N) is 2. The van der Waals surface area contributed by atoms with Crippen molar-refractivity contribution < 1.29 is 23.5 Å². The van der Waals surface area contributed by atoms with Crippen molar-refractivity contribution in [3.8, 4) is 0 Å². The van der Waals surface area contributed by atoms with Gasteiger partial charge in [0.25, 0.3) is 5.91 Å². The largest absolute Gasteiger partial charge is 0.480 e. The molecule has 0 spiro atoms. The van der Waals surface area contributed by atoms with Gasteiger partial charge in [0.1, 0.15) is 23.2 Å². The molecule has 3 rings (SSSR count). The minimum atomic E-state index is -1.10. The molecule has 1 aromatic heterocycles. The van der Waals surface area contributed by atoms with E-state index >= 15 is 0 Å². The summed E-state index contributed by atoms with van der Waals surface area (Å²) in [6, 6.07) is 9.12. The van der Waals surface area contributed by atoms with Gasteiger partial charge < -0.3 is 9.67 Å². The molecular formula is C18H14F2N2O3S. The maximum absolute atomic E-state index is 13.8. The van der Waals surface area contributed by atoms with Crippen molar-refractivity contribution in [3.05, 3.63) is 64.5 Å². The second-order valence-corrected chi connectivity index (χ2v) is 6.51. The molecule has 2 aromatic carbocycles. The lowest BCUT2D eigenvalue weighted by molar-refractivity contribution is -0.140.